The van der Waals surface area contributed by atoms with Gasteiger partial charge in [0.1, 0.15) is 11.6 Å². The first kappa shape index (κ1) is 24.0. The topological polar surface area (TPSA) is 90.4 Å². The van der Waals surface area contributed by atoms with Gasteiger partial charge < -0.3 is 24.5 Å². The van der Waals surface area contributed by atoms with Gasteiger partial charge in [0.2, 0.25) is 17.7 Å². The Morgan fingerprint density at radius 2 is 1.76 bits per heavy atom. The van der Waals surface area contributed by atoms with E-state index in [4.69, 9.17) is 4.74 Å². The van der Waals surface area contributed by atoms with Gasteiger partial charge >= 0.3 is 0 Å². The standard InChI is InChI=1S/C25H37N3O5/c1-4-6-7-13-27-15-9-11-25-20(23(31)28(17(3)16-29)21(25)24(27)32)19-18(33-25)10-8-14-26(12-5-2)22(19)30/h8-11,17-21,29H,4-7,12-16H2,1-3H3/t17-,18-,19+,20+,21?,25+/m1/s1. The summed E-state index contributed by atoms with van der Waals surface area (Å²) in [7, 11) is 0. The van der Waals surface area contributed by atoms with Crippen LogP contribution in [0.2, 0.25) is 0 Å². The van der Waals surface area contributed by atoms with Crippen molar-refractivity contribution in [2.24, 2.45) is 11.8 Å². The lowest BCUT2D eigenvalue weighted by molar-refractivity contribution is -0.151. The number of nitrogens with zero attached hydrogens (tertiary/aromatic N) is 3. The number of hydrogen-bond donors (Lipinski definition) is 1. The predicted octanol–water partition coefficient (Wildman–Crippen LogP) is 1.35. The van der Waals surface area contributed by atoms with Crippen molar-refractivity contribution in [2.45, 2.75) is 70.2 Å². The number of aliphatic hydroxyl groups is 1. The van der Waals surface area contributed by atoms with Crippen LogP contribution in [-0.2, 0) is 19.1 Å². The maximum Gasteiger partial charge on any atom is 0.249 e. The Hall–Kier alpha value is -2.19. The number of amides is 3. The number of carbonyl (C=O) groups is 3. The number of carbonyl (C=O) groups excluding carboxylic acids is 3. The fourth-order valence-electron chi connectivity index (χ4n) is 5.96. The Labute approximate surface area is 196 Å². The molecule has 4 aliphatic rings. The van der Waals surface area contributed by atoms with Crippen LogP contribution in [0.25, 0.3) is 0 Å². The van der Waals surface area contributed by atoms with Crippen LogP contribution in [0, 0.1) is 11.8 Å². The average molecular weight is 460 g/mol. The fraction of sp³-hybridized carbons (Fsp3) is 0.720. The van der Waals surface area contributed by atoms with E-state index in [1.807, 2.05) is 31.2 Å². The van der Waals surface area contributed by atoms with Gasteiger partial charge in [-0.3, -0.25) is 14.4 Å². The van der Waals surface area contributed by atoms with Crippen LogP contribution in [0.1, 0.15) is 46.5 Å². The van der Waals surface area contributed by atoms with Crippen LogP contribution in [-0.4, -0.2) is 94.1 Å². The number of rotatable bonds is 8. The van der Waals surface area contributed by atoms with E-state index in [0.29, 0.717) is 26.2 Å². The van der Waals surface area contributed by atoms with Crippen molar-refractivity contribution in [3.63, 3.8) is 0 Å². The summed E-state index contributed by atoms with van der Waals surface area (Å²) < 4.78 is 6.56. The second-order valence-electron chi connectivity index (χ2n) is 9.73. The summed E-state index contributed by atoms with van der Waals surface area (Å²) in [5.74, 6) is -1.99. The molecule has 0 aromatic rings. The summed E-state index contributed by atoms with van der Waals surface area (Å²) in [6, 6.07) is -1.44. The molecular weight excluding hydrogens is 422 g/mol. The zero-order chi connectivity index (χ0) is 23.8. The number of aliphatic hydroxyl groups excluding tert-OH is 1. The minimum atomic E-state index is -1.21. The summed E-state index contributed by atoms with van der Waals surface area (Å²) in [5, 5.41) is 9.94. The van der Waals surface area contributed by atoms with Gasteiger partial charge in [0.15, 0.2) is 0 Å². The third-order valence-corrected chi connectivity index (χ3v) is 7.53. The molecule has 0 aromatic carbocycles. The van der Waals surface area contributed by atoms with Gasteiger partial charge in [-0.1, -0.05) is 51.0 Å². The quantitative estimate of drug-likeness (QED) is 0.437. The third kappa shape index (κ3) is 3.81. The Morgan fingerprint density at radius 3 is 2.45 bits per heavy atom. The van der Waals surface area contributed by atoms with E-state index in [0.717, 1.165) is 25.7 Å². The Balaban J connectivity index is 1.76. The lowest BCUT2D eigenvalue weighted by Crippen LogP contribution is -2.57. The van der Waals surface area contributed by atoms with Crippen molar-refractivity contribution < 1.29 is 24.2 Å². The molecule has 1 unspecified atom stereocenters. The predicted molar refractivity (Wildman–Crippen MR) is 123 cm³/mol. The van der Waals surface area contributed by atoms with E-state index in [1.165, 1.54) is 4.90 Å². The molecule has 33 heavy (non-hydrogen) atoms. The molecule has 1 spiro atoms. The molecule has 6 atom stereocenters. The van der Waals surface area contributed by atoms with Crippen LogP contribution in [0.3, 0.4) is 0 Å². The van der Waals surface area contributed by atoms with Crippen LogP contribution in [0.5, 0.6) is 0 Å². The largest absolute Gasteiger partial charge is 0.394 e. The van der Waals surface area contributed by atoms with Crippen LogP contribution in [0.15, 0.2) is 24.3 Å². The first-order valence-corrected chi connectivity index (χ1v) is 12.4. The fourth-order valence-corrected chi connectivity index (χ4v) is 5.96. The van der Waals surface area contributed by atoms with Crippen LogP contribution < -0.4 is 0 Å². The van der Waals surface area contributed by atoms with E-state index in [-0.39, 0.29) is 24.3 Å². The minimum absolute atomic E-state index is 0.0933. The second kappa shape index (κ2) is 9.58. The van der Waals surface area contributed by atoms with Crippen molar-refractivity contribution in [3.05, 3.63) is 24.3 Å². The van der Waals surface area contributed by atoms with E-state index >= 15 is 0 Å². The van der Waals surface area contributed by atoms with Crippen molar-refractivity contribution in [2.75, 3.05) is 32.8 Å². The molecule has 0 aromatic heterocycles. The molecule has 2 saturated heterocycles. The van der Waals surface area contributed by atoms with Crippen LogP contribution >= 0.6 is 0 Å². The molecular formula is C25H37N3O5. The summed E-state index contributed by atoms with van der Waals surface area (Å²) in [4.78, 5) is 46.4. The van der Waals surface area contributed by atoms with Gasteiger partial charge in [-0.05, 0) is 19.8 Å². The lowest BCUT2D eigenvalue weighted by Gasteiger charge is -2.37. The maximum absolute atomic E-state index is 13.9. The number of ether oxygens (including phenoxy) is 1. The molecule has 0 bridgehead atoms. The summed E-state index contributed by atoms with van der Waals surface area (Å²) in [6.07, 6.45) is 10.8. The van der Waals surface area contributed by atoms with Crippen molar-refractivity contribution in [1.82, 2.24) is 14.7 Å². The molecule has 4 heterocycles. The van der Waals surface area contributed by atoms with E-state index in [9.17, 15) is 19.5 Å². The molecule has 8 nitrogen and oxygen atoms in total. The molecule has 3 amide bonds. The normalized spacial score (nSPS) is 34.3. The summed E-state index contributed by atoms with van der Waals surface area (Å²) in [6.45, 7) is 7.79. The lowest BCUT2D eigenvalue weighted by atomic mass is 9.77. The number of fused-ring (bicyclic) bond motifs is 2. The zero-order valence-electron chi connectivity index (χ0n) is 20.0. The number of unbranched alkanes of at least 4 members (excludes halogenated alkanes) is 2. The Bertz CT molecular complexity index is 842. The van der Waals surface area contributed by atoms with Crippen molar-refractivity contribution >= 4 is 17.7 Å². The van der Waals surface area contributed by atoms with Gasteiger partial charge in [0, 0.05) is 26.2 Å². The Morgan fingerprint density at radius 1 is 1.03 bits per heavy atom. The number of hydrogen-bond acceptors (Lipinski definition) is 5. The minimum Gasteiger partial charge on any atom is -0.394 e. The monoisotopic (exact) mass is 459 g/mol. The van der Waals surface area contributed by atoms with Gasteiger partial charge in [-0.25, -0.2) is 0 Å². The second-order valence-corrected chi connectivity index (χ2v) is 9.73. The number of likely N-dealkylation sites (tertiary alicyclic amines) is 1. The highest BCUT2D eigenvalue weighted by atomic mass is 16.5. The molecule has 182 valence electrons. The SMILES string of the molecule is CCCCCN1CC=C[C@]23O[C@@H]4C=CCN(CCC)C(=O)[C@@H]4[C@H]2C(=O)N([C@H](C)CO)C3C1=O. The summed E-state index contributed by atoms with van der Waals surface area (Å²) >= 11 is 0. The van der Waals surface area contributed by atoms with E-state index < -0.39 is 35.6 Å². The van der Waals surface area contributed by atoms with E-state index in [1.54, 1.807) is 16.7 Å². The van der Waals surface area contributed by atoms with Gasteiger partial charge in [0.25, 0.3) is 0 Å². The molecule has 4 aliphatic heterocycles. The molecule has 0 saturated carbocycles. The van der Waals surface area contributed by atoms with Gasteiger partial charge in [0.05, 0.1) is 30.6 Å². The Kier molecular flexibility index (Phi) is 6.96. The van der Waals surface area contributed by atoms with Crippen LogP contribution in [0.4, 0.5) is 0 Å². The summed E-state index contributed by atoms with van der Waals surface area (Å²) in [5.41, 5.74) is -1.21. The molecule has 1 N–H and O–H groups in total. The third-order valence-electron chi connectivity index (χ3n) is 7.53. The molecule has 2 fully saturated rings. The maximum atomic E-state index is 13.9. The molecule has 0 aliphatic carbocycles. The molecule has 0 radical (unpaired) electrons. The highest BCUT2D eigenvalue weighted by molar-refractivity contribution is 6.00. The van der Waals surface area contributed by atoms with Crippen molar-refractivity contribution in [1.29, 1.82) is 0 Å². The average Bonchev–Trinajstić information content (AvgIpc) is 3.13. The molecule has 4 rings (SSSR count). The highest BCUT2D eigenvalue weighted by Crippen LogP contribution is 2.53. The van der Waals surface area contributed by atoms with Gasteiger partial charge in [-0.15, -0.1) is 0 Å². The first-order chi connectivity index (χ1) is 15.9. The zero-order valence-corrected chi connectivity index (χ0v) is 20.0. The van der Waals surface area contributed by atoms with Crippen molar-refractivity contribution in [3.8, 4) is 0 Å². The van der Waals surface area contributed by atoms with Gasteiger partial charge in [-0.2, -0.15) is 0 Å². The van der Waals surface area contributed by atoms with E-state index in [2.05, 4.69) is 6.92 Å². The smallest absolute Gasteiger partial charge is 0.249 e. The first-order valence-electron chi connectivity index (χ1n) is 12.4. The highest BCUT2D eigenvalue weighted by Gasteiger charge is 2.72. The molecule has 8 heteroatoms.